The van der Waals surface area contributed by atoms with Gasteiger partial charge in [0.15, 0.2) is 5.54 Å². The highest BCUT2D eigenvalue weighted by atomic mass is 19.4. The Balaban J connectivity index is 4.21. The molecule has 0 fully saturated rings. The number of alkyl halides is 3. The molecule has 0 heterocycles. The summed E-state index contributed by atoms with van der Waals surface area (Å²) in [5, 5.41) is 2.14. The summed E-state index contributed by atoms with van der Waals surface area (Å²) in [5.74, 6) is -1.21. The molecule has 0 aliphatic heterocycles. The fraction of sp³-hybridized carbons (Fsp3) is 0.875. The van der Waals surface area contributed by atoms with Gasteiger partial charge in [0.25, 0.3) is 0 Å². The fourth-order valence-corrected chi connectivity index (χ4v) is 0.705. The first kappa shape index (κ1) is 14.2. The van der Waals surface area contributed by atoms with Crippen LogP contribution in [-0.2, 0) is 4.79 Å². The molecule has 4 nitrogen and oxygen atoms in total. The maximum atomic E-state index is 12.3. The van der Waals surface area contributed by atoms with E-state index in [-0.39, 0.29) is 6.54 Å². The Morgan fingerprint density at radius 2 is 1.87 bits per heavy atom. The highest BCUT2D eigenvalue weighted by Gasteiger charge is 2.53. The lowest BCUT2D eigenvalue weighted by molar-refractivity contribution is -0.187. The number of carbonyl (C=O) groups excluding carboxylic acids is 1. The molecule has 0 aliphatic rings. The second-order valence-electron chi connectivity index (χ2n) is 3.76. The minimum absolute atomic E-state index is 0.134. The van der Waals surface area contributed by atoms with Crippen LogP contribution in [0.2, 0.25) is 0 Å². The van der Waals surface area contributed by atoms with Gasteiger partial charge in [0.1, 0.15) is 0 Å². The Kier molecular flexibility index (Phi) is 4.54. The van der Waals surface area contributed by atoms with Crippen LogP contribution in [0.5, 0.6) is 0 Å². The Hall–Kier alpha value is -0.820. The number of nitrogens with zero attached hydrogens (tertiary/aromatic N) is 1. The van der Waals surface area contributed by atoms with E-state index in [1.165, 1.54) is 0 Å². The van der Waals surface area contributed by atoms with Crippen LogP contribution >= 0.6 is 0 Å². The molecular weight excluding hydrogens is 211 g/mol. The third kappa shape index (κ3) is 4.05. The van der Waals surface area contributed by atoms with Crippen molar-refractivity contribution in [3.63, 3.8) is 0 Å². The molecule has 0 aromatic rings. The minimum atomic E-state index is -4.74. The summed E-state index contributed by atoms with van der Waals surface area (Å²) >= 11 is 0. The van der Waals surface area contributed by atoms with Gasteiger partial charge in [-0.25, -0.2) is 0 Å². The normalized spacial score (nSPS) is 16.3. The topological polar surface area (TPSA) is 58.4 Å². The number of nitrogens with one attached hydrogen (secondary N) is 1. The number of rotatable bonds is 4. The number of amides is 1. The maximum absolute atomic E-state index is 12.3. The summed E-state index contributed by atoms with van der Waals surface area (Å²) in [6, 6.07) is 0. The standard InChI is InChI=1S/C8H16F3N3O/c1-7(12,8(9,10)11)6(15)13-4-5-14(2)3/h4-5,12H2,1-3H3,(H,13,15). The molecule has 0 saturated heterocycles. The van der Waals surface area contributed by atoms with E-state index in [9.17, 15) is 18.0 Å². The van der Waals surface area contributed by atoms with E-state index < -0.39 is 17.6 Å². The molecule has 1 atom stereocenters. The summed E-state index contributed by atoms with van der Waals surface area (Å²) in [7, 11) is 3.50. The first-order valence-corrected chi connectivity index (χ1v) is 4.37. The second-order valence-corrected chi connectivity index (χ2v) is 3.76. The molecule has 7 heteroatoms. The largest absolute Gasteiger partial charge is 0.415 e. The lowest BCUT2D eigenvalue weighted by Crippen LogP contribution is -2.61. The van der Waals surface area contributed by atoms with Gasteiger partial charge in [-0.05, 0) is 21.0 Å². The minimum Gasteiger partial charge on any atom is -0.353 e. The molecule has 0 rings (SSSR count). The van der Waals surface area contributed by atoms with Gasteiger partial charge in [-0.15, -0.1) is 0 Å². The van der Waals surface area contributed by atoms with Crippen molar-refractivity contribution in [2.45, 2.75) is 18.6 Å². The molecule has 0 aromatic carbocycles. The fourth-order valence-electron chi connectivity index (χ4n) is 0.705. The van der Waals surface area contributed by atoms with E-state index >= 15 is 0 Å². The molecule has 0 bridgehead atoms. The summed E-state index contributed by atoms with van der Waals surface area (Å²) in [4.78, 5) is 12.9. The third-order valence-electron chi connectivity index (χ3n) is 1.91. The van der Waals surface area contributed by atoms with Gasteiger partial charge in [-0.1, -0.05) is 0 Å². The summed E-state index contributed by atoms with van der Waals surface area (Å²) < 4.78 is 36.8. The van der Waals surface area contributed by atoms with E-state index in [0.29, 0.717) is 13.5 Å². The molecule has 15 heavy (non-hydrogen) atoms. The molecule has 0 aromatic heterocycles. The second kappa shape index (κ2) is 4.80. The number of hydrogen-bond donors (Lipinski definition) is 2. The van der Waals surface area contributed by atoms with Crippen molar-refractivity contribution in [3.8, 4) is 0 Å². The quantitative estimate of drug-likeness (QED) is 0.707. The van der Waals surface area contributed by atoms with Crippen LogP contribution in [0.4, 0.5) is 13.2 Å². The summed E-state index contributed by atoms with van der Waals surface area (Å²) in [6.07, 6.45) is -4.74. The molecule has 0 saturated carbocycles. The predicted molar refractivity (Wildman–Crippen MR) is 50.2 cm³/mol. The van der Waals surface area contributed by atoms with Crippen molar-refractivity contribution in [1.29, 1.82) is 0 Å². The van der Waals surface area contributed by atoms with Crippen molar-refractivity contribution >= 4 is 5.91 Å². The molecule has 1 unspecified atom stereocenters. The zero-order valence-corrected chi connectivity index (χ0v) is 8.98. The Morgan fingerprint density at radius 1 is 1.40 bits per heavy atom. The molecule has 0 spiro atoms. The number of carbonyl (C=O) groups is 1. The highest BCUT2D eigenvalue weighted by molar-refractivity contribution is 5.86. The number of halogens is 3. The number of nitrogens with two attached hydrogens (primary N) is 1. The van der Waals surface area contributed by atoms with E-state index in [0.717, 1.165) is 0 Å². The van der Waals surface area contributed by atoms with Crippen molar-refractivity contribution in [2.75, 3.05) is 27.2 Å². The van der Waals surface area contributed by atoms with Gasteiger partial charge in [-0.2, -0.15) is 13.2 Å². The molecule has 0 radical (unpaired) electrons. The van der Waals surface area contributed by atoms with Gasteiger partial charge in [0, 0.05) is 13.1 Å². The van der Waals surface area contributed by atoms with Crippen molar-refractivity contribution in [3.05, 3.63) is 0 Å². The average Bonchev–Trinajstić information content (AvgIpc) is 2.01. The highest BCUT2D eigenvalue weighted by Crippen LogP contribution is 2.27. The average molecular weight is 227 g/mol. The van der Waals surface area contributed by atoms with Gasteiger partial charge in [0.2, 0.25) is 5.91 Å². The van der Waals surface area contributed by atoms with Crippen LogP contribution in [0.1, 0.15) is 6.92 Å². The first-order valence-electron chi connectivity index (χ1n) is 4.37. The number of likely N-dealkylation sites (N-methyl/N-ethyl adjacent to an activating group) is 1. The maximum Gasteiger partial charge on any atom is 0.415 e. The number of hydrogen-bond acceptors (Lipinski definition) is 3. The van der Waals surface area contributed by atoms with E-state index in [4.69, 9.17) is 5.73 Å². The van der Waals surface area contributed by atoms with Gasteiger partial charge < -0.3 is 16.0 Å². The van der Waals surface area contributed by atoms with Crippen molar-refractivity contribution in [2.24, 2.45) is 5.73 Å². The lowest BCUT2D eigenvalue weighted by Gasteiger charge is -2.26. The van der Waals surface area contributed by atoms with E-state index in [1.54, 1.807) is 19.0 Å². The smallest absolute Gasteiger partial charge is 0.353 e. The van der Waals surface area contributed by atoms with Gasteiger partial charge in [-0.3, -0.25) is 4.79 Å². The Labute approximate surface area is 86.6 Å². The van der Waals surface area contributed by atoms with Crippen LogP contribution < -0.4 is 11.1 Å². The Bertz CT molecular complexity index is 226. The lowest BCUT2D eigenvalue weighted by atomic mass is 10.0. The molecular formula is C8H16F3N3O. The van der Waals surface area contributed by atoms with Crippen molar-refractivity contribution < 1.29 is 18.0 Å². The summed E-state index contributed by atoms with van der Waals surface area (Å²) in [6.45, 7) is 1.24. The molecule has 0 aliphatic carbocycles. The molecule has 1 amide bonds. The monoisotopic (exact) mass is 227 g/mol. The third-order valence-corrected chi connectivity index (χ3v) is 1.91. The van der Waals surface area contributed by atoms with Crippen LogP contribution in [0.3, 0.4) is 0 Å². The van der Waals surface area contributed by atoms with E-state index in [2.05, 4.69) is 5.32 Å². The zero-order valence-electron chi connectivity index (χ0n) is 8.98. The van der Waals surface area contributed by atoms with E-state index in [1.807, 2.05) is 0 Å². The van der Waals surface area contributed by atoms with Crippen molar-refractivity contribution in [1.82, 2.24) is 10.2 Å². The SMILES string of the molecule is CN(C)CCNC(=O)C(C)(N)C(F)(F)F. The Morgan fingerprint density at radius 3 is 2.20 bits per heavy atom. The van der Waals surface area contributed by atoms with Crippen LogP contribution in [0.25, 0.3) is 0 Å². The van der Waals surface area contributed by atoms with Crippen LogP contribution in [0.15, 0.2) is 0 Å². The van der Waals surface area contributed by atoms with Gasteiger partial charge >= 0.3 is 6.18 Å². The zero-order chi connectivity index (χ0) is 12.3. The van der Waals surface area contributed by atoms with Crippen LogP contribution in [0, 0.1) is 0 Å². The predicted octanol–water partition coefficient (Wildman–Crippen LogP) is -0.0561. The summed E-state index contributed by atoms with van der Waals surface area (Å²) in [5.41, 5.74) is 2.07. The molecule has 3 N–H and O–H groups in total. The molecule has 90 valence electrons. The van der Waals surface area contributed by atoms with Gasteiger partial charge in [0.05, 0.1) is 0 Å². The van der Waals surface area contributed by atoms with Crippen LogP contribution in [-0.4, -0.2) is 49.7 Å². The first-order chi connectivity index (χ1) is 6.59.